The van der Waals surface area contributed by atoms with E-state index in [9.17, 15) is 4.79 Å². The molecular weight excluding hydrogens is 354 g/mol. The van der Waals surface area contributed by atoms with E-state index in [1.54, 1.807) is 18.7 Å². The Balaban J connectivity index is 1.25. The minimum atomic E-state index is 0.0646. The van der Waals surface area contributed by atoms with E-state index in [2.05, 4.69) is 35.1 Å². The van der Waals surface area contributed by atoms with Crippen LogP contribution in [0.2, 0.25) is 0 Å². The Hall–Kier alpha value is -3.03. The minimum Gasteiger partial charge on any atom is -0.356 e. The van der Waals surface area contributed by atoms with E-state index in [0.717, 1.165) is 54.2 Å². The van der Waals surface area contributed by atoms with Gasteiger partial charge in [-0.1, -0.05) is 0 Å². The van der Waals surface area contributed by atoms with Crippen LogP contribution in [0, 0.1) is 24.7 Å². The number of H-pyrrole nitrogens is 1. The van der Waals surface area contributed by atoms with Crippen molar-refractivity contribution in [2.75, 3.05) is 18.0 Å². The standard InChI is InChI=1S/C20H23N7O/c1-12-7-23-14(8-22-12)9-24-20(28)16-6-13-3-5-27(10-17(13)16)19-15-2-4-21-18(15)25-11-26-19/h2,4,7-8,11,13,16-17H,3,5-6,9-10H2,1H3,(H,24,28)(H,21,25,26)/t13-,16-,17-/m1/s1. The van der Waals surface area contributed by atoms with Gasteiger partial charge in [-0.15, -0.1) is 0 Å². The fourth-order valence-electron chi connectivity index (χ4n) is 4.51. The molecule has 3 aromatic rings. The predicted molar refractivity (Wildman–Crippen MR) is 104 cm³/mol. The number of aryl methyl sites for hydroxylation is 1. The molecule has 2 N–H and O–H groups in total. The lowest BCUT2D eigenvalue weighted by atomic mass is 9.61. The third kappa shape index (κ3) is 2.98. The van der Waals surface area contributed by atoms with E-state index >= 15 is 0 Å². The number of nitrogens with zero attached hydrogens (tertiary/aromatic N) is 5. The first-order chi connectivity index (χ1) is 13.7. The molecule has 2 aliphatic rings. The van der Waals surface area contributed by atoms with Crippen molar-refractivity contribution in [3.8, 4) is 0 Å². The highest BCUT2D eigenvalue weighted by molar-refractivity contribution is 5.87. The monoisotopic (exact) mass is 377 g/mol. The quantitative estimate of drug-likeness (QED) is 0.720. The van der Waals surface area contributed by atoms with Gasteiger partial charge in [0.05, 0.1) is 29.5 Å². The van der Waals surface area contributed by atoms with E-state index in [-0.39, 0.29) is 11.8 Å². The predicted octanol–water partition coefficient (Wildman–Crippen LogP) is 1.84. The van der Waals surface area contributed by atoms with Crippen LogP contribution in [-0.4, -0.2) is 43.9 Å². The highest BCUT2D eigenvalue weighted by atomic mass is 16.1. The van der Waals surface area contributed by atoms with Gasteiger partial charge in [0.15, 0.2) is 0 Å². The van der Waals surface area contributed by atoms with E-state index < -0.39 is 0 Å². The van der Waals surface area contributed by atoms with Gasteiger partial charge in [-0.3, -0.25) is 14.8 Å². The summed E-state index contributed by atoms with van der Waals surface area (Å²) in [4.78, 5) is 35.5. The number of carbonyl (C=O) groups is 1. The Morgan fingerprint density at radius 3 is 3.07 bits per heavy atom. The number of carbonyl (C=O) groups excluding carboxylic acids is 1. The van der Waals surface area contributed by atoms with Crippen molar-refractivity contribution in [3.63, 3.8) is 0 Å². The molecule has 8 nitrogen and oxygen atoms in total. The maximum Gasteiger partial charge on any atom is 0.223 e. The maximum atomic E-state index is 12.7. The second-order valence-corrected chi connectivity index (χ2v) is 7.80. The lowest BCUT2D eigenvalue weighted by molar-refractivity contribution is -0.134. The number of aromatic nitrogens is 5. The molecule has 8 heteroatoms. The molecule has 1 amide bonds. The summed E-state index contributed by atoms with van der Waals surface area (Å²) in [6.07, 6.45) is 9.03. The van der Waals surface area contributed by atoms with E-state index in [1.807, 2.05) is 19.2 Å². The number of amides is 1. The van der Waals surface area contributed by atoms with Crippen molar-refractivity contribution in [1.29, 1.82) is 0 Å². The van der Waals surface area contributed by atoms with Crippen LogP contribution in [0.15, 0.2) is 31.0 Å². The normalized spacial score (nSPS) is 23.9. The first kappa shape index (κ1) is 17.1. The van der Waals surface area contributed by atoms with Gasteiger partial charge in [0.2, 0.25) is 5.91 Å². The number of aromatic amines is 1. The highest BCUT2D eigenvalue weighted by Gasteiger charge is 2.47. The Kier molecular flexibility index (Phi) is 4.18. The third-order valence-corrected chi connectivity index (χ3v) is 6.13. The molecular formula is C20H23N7O. The molecule has 28 heavy (non-hydrogen) atoms. The first-order valence-corrected chi connectivity index (χ1v) is 9.77. The summed E-state index contributed by atoms with van der Waals surface area (Å²) in [5.41, 5.74) is 2.52. The van der Waals surface area contributed by atoms with Crippen molar-refractivity contribution in [2.45, 2.75) is 26.3 Å². The van der Waals surface area contributed by atoms with Gasteiger partial charge >= 0.3 is 0 Å². The molecule has 1 saturated heterocycles. The highest BCUT2D eigenvalue weighted by Crippen LogP contribution is 2.46. The van der Waals surface area contributed by atoms with Crippen molar-refractivity contribution in [1.82, 2.24) is 30.2 Å². The zero-order valence-corrected chi connectivity index (χ0v) is 15.8. The van der Waals surface area contributed by atoms with E-state index in [4.69, 9.17) is 0 Å². The number of hydrogen-bond acceptors (Lipinski definition) is 6. The number of fused-ring (bicyclic) bond motifs is 2. The second kappa shape index (κ2) is 6.85. The summed E-state index contributed by atoms with van der Waals surface area (Å²) in [5, 5.41) is 4.08. The van der Waals surface area contributed by atoms with Crippen LogP contribution in [0.25, 0.3) is 11.0 Å². The summed E-state index contributed by atoms with van der Waals surface area (Å²) in [5.74, 6) is 2.16. The molecule has 3 atom stereocenters. The summed E-state index contributed by atoms with van der Waals surface area (Å²) in [6, 6.07) is 2.02. The van der Waals surface area contributed by atoms with Gasteiger partial charge in [-0.2, -0.15) is 0 Å². The lowest BCUT2D eigenvalue weighted by Gasteiger charge is -2.50. The first-order valence-electron chi connectivity index (χ1n) is 9.77. The van der Waals surface area contributed by atoms with Crippen LogP contribution in [0.5, 0.6) is 0 Å². The third-order valence-electron chi connectivity index (χ3n) is 6.13. The molecule has 0 bridgehead atoms. The van der Waals surface area contributed by atoms with Crippen LogP contribution in [0.3, 0.4) is 0 Å². The Labute approximate surface area is 162 Å². The summed E-state index contributed by atoms with van der Waals surface area (Å²) >= 11 is 0. The topological polar surface area (TPSA) is 99.7 Å². The maximum absolute atomic E-state index is 12.7. The molecule has 1 saturated carbocycles. The second-order valence-electron chi connectivity index (χ2n) is 7.80. The zero-order valence-electron chi connectivity index (χ0n) is 15.8. The molecule has 0 spiro atoms. The van der Waals surface area contributed by atoms with Crippen LogP contribution in [0.1, 0.15) is 24.2 Å². The van der Waals surface area contributed by atoms with Gasteiger partial charge in [-0.25, -0.2) is 9.97 Å². The molecule has 1 aliphatic carbocycles. The fraction of sp³-hybridized carbons (Fsp3) is 0.450. The van der Waals surface area contributed by atoms with Crippen molar-refractivity contribution < 1.29 is 4.79 Å². The van der Waals surface area contributed by atoms with Crippen LogP contribution in [-0.2, 0) is 11.3 Å². The number of hydrogen-bond donors (Lipinski definition) is 2. The molecule has 2 fully saturated rings. The smallest absolute Gasteiger partial charge is 0.223 e. The largest absolute Gasteiger partial charge is 0.356 e. The number of piperidine rings is 1. The SMILES string of the molecule is Cc1cnc(CNC(=O)[C@@H]2C[C@H]3CCN(c4ncnc5[nH]ccc45)C[C@H]32)cn1. The molecule has 144 valence electrons. The summed E-state index contributed by atoms with van der Waals surface area (Å²) in [7, 11) is 0. The summed E-state index contributed by atoms with van der Waals surface area (Å²) in [6.45, 7) is 4.17. The minimum absolute atomic E-state index is 0.0646. The Bertz CT molecular complexity index is 999. The van der Waals surface area contributed by atoms with Gasteiger partial charge < -0.3 is 15.2 Å². The Morgan fingerprint density at radius 2 is 2.21 bits per heavy atom. The van der Waals surface area contributed by atoms with Crippen molar-refractivity contribution >= 4 is 22.8 Å². The molecule has 5 rings (SSSR count). The van der Waals surface area contributed by atoms with E-state index in [1.165, 1.54) is 0 Å². The number of rotatable bonds is 4. The molecule has 3 aromatic heterocycles. The van der Waals surface area contributed by atoms with Gasteiger partial charge in [-0.05, 0) is 37.7 Å². The number of nitrogens with one attached hydrogen (secondary N) is 2. The molecule has 4 heterocycles. The van der Waals surface area contributed by atoms with Gasteiger partial charge in [0.1, 0.15) is 17.8 Å². The molecule has 0 aromatic carbocycles. The Morgan fingerprint density at radius 1 is 1.29 bits per heavy atom. The van der Waals surface area contributed by atoms with Crippen LogP contribution >= 0.6 is 0 Å². The van der Waals surface area contributed by atoms with E-state index in [0.29, 0.717) is 18.4 Å². The number of anilines is 1. The van der Waals surface area contributed by atoms with Gasteiger partial charge in [0, 0.05) is 31.4 Å². The lowest BCUT2D eigenvalue weighted by Crippen LogP contribution is -2.55. The molecule has 1 aliphatic heterocycles. The molecule has 0 unspecified atom stereocenters. The average Bonchev–Trinajstić information content (AvgIpc) is 3.17. The molecule has 0 radical (unpaired) electrons. The van der Waals surface area contributed by atoms with Crippen molar-refractivity contribution in [2.24, 2.45) is 17.8 Å². The van der Waals surface area contributed by atoms with Crippen molar-refractivity contribution in [3.05, 3.63) is 42.4 Å². The van der Waals surface area contributed by atoms with Crippen LogP contribution in [0.4, 0.5) is 5.82 Å². The fourth-order valence-corrected chi connectivity index (χ4v) is 4.51. The van der Waals surface area contributed by atoms with Crippen LogP contribution < -0.4 is 10.2 Å². The summed E-state index contributed by atoms with van der Waals surface area (Å²) < 4.78 is 0. The van der Waals surface area contributed by atoms with Gasteiger partial charge in [0.25, 0.3) is 0 Å². The average molecular weight is 377 g/mol. The zero-order chi connectivity index (χ0) is 19.1.